The molecule has 2 fully saturated rings. The third kappa shape index (κ3) is 2.47. The van der Waals surface area contributed by atoms with Crippen LogP contribution >= 0.6 is 0 Å². The molecule has 1 aliphatic heterocycles. The van der Waals surface area contributed by atoms with Crippen molar-refractivity contribution in [2.45, 2.75) is 78.1 Å². The van der Waals surface area contributed by atoms with Gasteiger partial charge in [0, 0.05) is 28.6 Å². The Hall–Kier alpha value is -1.62. The molecule has 1 N–H and O–H groups in total. The minimum absolute atomic E-state index is 0.159. The van der Waals surface area contributed by atoms with E-state index in [1.165, 1.54) is 0 Å². The summed E-state index contributed by atoms with van der Waals surface area (Å²) in [5, 5.41) is 11.5. The Morgan fingerprint density at radius 2 is 2.12 bits per heavy atom. The van der Waals surface area contributed by atoms with Gasteiger partial charge < -0.3 is 14.6 Å². The fourth-order valence-corrected chi connectivity index (χ4v) is 4.84. The maximum atomic E-state index is 12.5. The van der Waals surface area contributed by atoms with E-state index in [0.717, 1.165) is 18.4 Å². The van der Waals surface area contributed by atoms with Crippen LogP contribution in [0, 0.1) is 11.3 Å². The molecule has 138 valence electrons. The molecule has 2 aliphatic carbocycles. The standard InChI is InChI=1S/C20H28O5/c1-6-11(2)17(21)25-16-15-13(4)18(22)24-14(15)10-20(23)9-7-8-12(3)19(16,20)5/h6,12,14,16,23H,7-10H2,1-5H3/t12-,14-,16+,19-,20-/m1/s1. The Morgan fingerprint density at radius 1 is 1.44 bits per heavy atom. The highest BCUT2D eigenvalue weighted by Gasteiger charge is 2.65. The van der Waals surface area contributed by atoms with Crippen molar-refractivity contribution in [3.05, 3.63) is 22.8 Å². The minimum atomic E-state index is -1.02. The zero-order valence-corrected chi connectivity index (χ0v) is 15.7. The monoisotopic (exact) mass is 348 g/mol. The summed E-state index contributed by atoms with van der Waals surface area (Å²) in [7, 11) is 0. The summed E-state index contributed by atoms with van der Waals surface area (Å²) in [6.45, 7) is 9.32. The number of hydrogen-bond donors (Lipinski definition) is 1. The first kappa shape index (κ1) is 18.2. The predicted octanol–water partition coefficient (Wildman–Crippen LogP) is 3.07. The lowest BCUT2D eigenvalue weighted by Crippen LogP contribution is -2.65. The van der Waals surface area contributed by atoms with Crippen molar-refractivity contribution >= 4 is 11.9 Å². The molecule has 0 spiro atoms. The molecule has 0 aromatic rings. The van der Waals surface area contributed by atoms with Crippen LogP contribution in [-0.2, 0) is 19.1 Å². The largest absolute Gasteiger partial charge is 0.454 e. The number of fused-ring (bicyclic) bond motifs is 2. The molecule has 0 radical (unpaired) electrons. The van der Waals surface area contributed by atoms with Gasteiger partial charge >= 0.3 is 11.9 Å². The normalized spacial score (nSPS) is 41.1. The van der Waals surface area contributed by atoms with Crippen LogP contribution in [0.4, 0.5) is 0 Å². The molecule has 3 rings (SSSR count). The van der Waals surface area contributed by atoms with Crippen LogP contribution in [-0.4, -0.2) is 34.9 Å². The summed E-state index contributed by atoms with van der Waals surface area (Å²) >= 11 is 0. The Labute approximate surface area is 149 Å². The van der Waals surface area contributed by atoms with Crippen LogP contribution in [0.15, 0.2) is 22.8 Å². The first-order chi connectivity index (χ1) is 11.7. The first-order valence-corrected chi connectivity index (χ1v) is 9.13. The van der Waals surface area contributed by atoms with Crippen molar-refractivity contribution in [1.82, 2.24) is 0 Å². The maximum Gasteiger partial charge on any atom is 0.334 e. The van der Waals surface area contributed by atoms with Crippen LogP contribution in [0.2, 0.25) is 0 Å². The second-order valence-electron chi connectivity index (χ2n) is 8.04. The van der Waals surface area contributed by atoms with E-state index in [4.69, 9.17) is 9.47 Å². The molecule has 0 aromatic carbocycles. The van der Waals surface area contributed by atoms with Crippen molar-refractivity contribution in [3.8, 4) is 0 Å². The van der Waals surface area contributed by atoms with Crippen LogP contribution in [0.3, 0.4) is 0 Å². The van der Waals surface area contributed by atoms with Gasteiger partial charge in [-0.05, 0) is 39.5 Å². The molecule has 0 aromatic heterocycles. The highest BCUT2D eigenvalue weighted by molar-refractivity contribution is 5.93. The van der Waals surface area contributed by atoms with E-state index < -0.39 is 29.2 Å². The zero-order chi connectivity index (χ0) is 18.6. The van der Waals surface area contributed by atoms with Gasteiger partial charge in [-0.25, -0.2) is 9.59 Å². The Morgan fingerprint density at radius 3 is 2.76 bits per heavy atom. The molecule has 0 saturated heterocycles. The topological polar surface area (TPSA) is 72.8 Å². The van der Waals surface area contributed by atoms with Gasteiger partial charge in [0.2, 0.25) is 0 Å². The second-order valence-corrected chi connectivity index (χ2v) is 8.04. The average molecular weight is 348 g/mol. The zero-order valence-electron chi connectivity index (χ0n) is 15.7. The molecular formula is C20H28O5. The van der Waals surface area contributed by atoms with E-state index in [9.17, 15) is 14.7 Å². The van der Waals surface area contributed by atoms with Gasteiger partial charge in [-0.2, -0.15) is 0 Å². The molecule has 0 amide bonds. The van der Waals surface area contributed by atoms with Crippen LogP contribution in [0.5, 0.6) is 0 Å². The average Bonchev–Trinajstić information content (AvgIpc) is 2.83. The van der Waals surface area contributed by atoms with E-state index in [2.05, 4.69) is 6.92 Å². The van der Waals surface area contributed by atoms with Crippen molar-refractivity contribution in [2.75, 3.05) is 0 Å². The van der Waals surface area contributed by atoms with Gasteiger partial charge in [-0.1, -0.05) is 26.3 Å². The van der Waals surface area contributed by atoms with E-state index in [-0.39, 0.29) is 11.9 Å². The predicted molar refractivity (Wildman–Crippen MR) is 92.6 cm³/mol. The van der Waals surface area contributed by atoms with Gasteiger partial charge in [-0.15, -0.1) is 0 Å². The van der Waals surface area contributed by atoms with Crippen molar-refractivity contribution < 1.29 is 24.2 Å². The lowest BCUT2D eigenvalue weighted by Gasteiger charge is -2.59. The summed E-state index contributed by atoms with van der Waals surface area (Å²) in [5.41, 5.74) is 0.112. The van der Waals surface area contributed by atoms with Crippen LogP contribution in [0.25, 0.3) is 0 Å². The third-order valence-corrected chi connectivity index (χ3v) is 6.92. The second kappa shape index (κ2) is 5.97. The summed E-state index contributed by atoms with van der Waals surface area (Å²) in [4.78, 5) is 24.7. The number of carbonyl (C=O) groups excluding carboxylic acids is 2. The smallest absolute Gasteiger partial charge is 0.334 e. The molecule has 25 heavy (non-hydrogen) atoms. The Kier molecular flexibility index (Phi) is 4.34. The van der Waals surface area contributed by atoms with Gasteiger partial charge in [0.1, 0.15) is 12.2 Å². The molecule has 5 atom stereocenters. The van der Waals surface area contributed by atoms with Gasteiger partial charge in [0.15, 0.2) is 0 Å². The Balaban J connectivity index is 2.12. The van der Waals surface area contributed by atoms with Crippen LogP contribution < -0.4 is 0 Å². The van der Waals surface area contributed by atoms with E-state index in [0.29, 0.717) is 24.0 Å². The summed E-state index contributed by atoms with van der Waals surface area (Å²) in [6, 6.07) is 0. The number of ether oxygens (including phenoxy) is 2. The lowest BCUT2D eigenvalue weighted by atomic mass is 9.50. The summed E-state index contributed by atoms with van der Waals surface area (Å²) in [5.74, 6) is -0.622. The van der Waals surface area contributed by atoms with Crippen molar-refractivity contribution in [2.24, 2.45) is 11.3 Å². The quantitative estimate of drug-likeness (QED) is 0.613. The molecule has 5 nitrogen and oxygen atoms in total. The fraction of sp³-hybridized carbons (Fsp3) is 0.700. The lowest BCUT2D eigenvalue weighted by molar-refractivity contribution is -0.217. The number of aliphatic hydroxyl groups is 1. The van der Waals surface area contributed by atoms with Gasteiger partial charge in [0.05, 0.1) is 5.60 Å². The van der Waals surface area contributed by atoms with E-state index >= 15 is 0 Å². The first-order valence-electron chi connectivity index (χ1n) is 9.13. The highest BCUT2D eigenvalue weighted by atomic mass is 16.6. The summed E-state index contributed by atoms with van der Waals surface area (Å²) in [6.07, 6.45) is 3.44. The number of esters is 2. The van der Waals surface area contributed by atoms with Crippen molar-refractivity contribution in [3.63, 3.8) is 0 Å². The van der Waals surface area contributed by atoms with E-state index in [1.807, 2.05) is 6.92 Å². The number of carbonyl (C=O) groups is 2. The van der Waals surface area contributed by atoms with Crippen LogP contribution in [0.1, 0.15) is 60.3 Å². The Bertz CT molecular complexity index is 676. The fourth-order valence-electron chi connectivity index (χ4n) is 4.84. The SMILES string of the molecule is CC=C(C)C(=O)O[C@H]1C2=C(C)C(=O)O[C@@H]2C[C@]2(O)CCC[C@@H](C)[C@]12C. The van der Waals surface area contributed by atoms with Gasteiger partial charge in [-0.3, -0.25) is 0 Å². The molecular weight excluding hydrogens is 320 g/mol. The third-order valence-electron chi connectivity index (χ3n) is 6.92. The number of rotatable bonds is 2. The maximum absolute atomic E-state index is 12.5. The van der Waals surface area contributed by atoms with E-state index in [1.54, 1.807) is 26.8 Å². The number of allylic oxidation sites excluding steroid dienone is 1. The highest BCUT2D eigenvalue weighted by Crippen LogP contribution is 2.59. The molecule has 2 saturated carbocycles. The molecule has 1 heterocycles. The number of hydrogen-bond acceptors (Lipinski definition) is 5. The van der Waals surface area contributed by atoms with Crippen molar-refractivity contribution in [1.29, 1.82) is 0 Å². The summed E-state index contributed by atoms with van der Waals surface area (Å²) < 4.78 is 11.4. The molecule has 5 heteroatoms. The minimum Gasteiger partial charge on any atom is -0.454 e. The van der Waals surface area contributed by atoms with Gasteiger partial charge in [0.25, 0.3) is 0 Å². The molecule has 0 unspecified atom stereocenters. The molecule has 0 bridgehead atoms. The molecule has 3 aliphatic rings.